The summed E-state index contributed by atoms with van der Waals surface area (Å²) < 4.78 is 5.61. The van der Waals surface area contributed by atoms with Gasteiger partial charge in [-0.1, -0.05) is 77.7 Å². The van der Waals surface area contributed by atoms with E-state index in [2.05, 4.69) is 53.7 Å². The summed E-state index contributed by atoms with van der Waals surface area (Å²) in [5, 5.41) is 0. The molecule has 8 atom stereocenters. The summed E-state index contributed by atoms with van der Waals surface area (Å²) in [5.74, 6) is 4.77. The van der Waals surface area contributed by atoms with Gasteiger partial charge in [0, 0.05) is 13.3 Å². The van der Waals surface area contributed by atoms with Crippen LogP contribution in [-0.2, 0) is 9.53 Å². The second kappa shape index (κ2) is 9.54. The van der Waals surface area contributed by atoms with Crippen molar-refractivity contribution in [1.82, 2.24) is 0 Å². The minimum absolute atomic E-state index is 0.0835. The molecule has 0 spiro atoms. The summed E-state index contributed by atoms with van der Waals surface area (Å²) >= 11 is 0. The molecular formula is C31H50O2. The third kappa shape index (κ3) is 4.50. The van der Waals surface area contributed by atoms with E-state index >= 15 is 0 Å². The van der Waals surface area contributed by atoms with Crippen molar-refractivity contribution in [2.24, 2.45) is 46.3 Å². The van der Waals surface area contributed by atoms with Gasteiger partial charge in [-0.05, 0) is 91.3 Å². The Labute approximate surface area is 204 Å². The lowest BCUT2D eigenvalue weighted by Gasteiger charge is -2.55. The molecule has 4 aliphatic carbocycles. The zero-order chi connectivity index (χ0) is 24.0. The molecule has 2 heteroatoms. The van der Waals surface area contributed by atoms with Crippen LogP contribution < -0.4 is 0 Å². The van der Waals surface area contributed by atoms with Crippen LogP contribution in [0.4, 0.5) is 0 Å². The number of fused-ring (bicyclic) bond motifs is 5. The van der Waals surface area contributed by atoms with Crippen LogP contribution in [0.2, 0.25) is 0 Å². The summed E-state index contributed by atoms with van der Waals surface area (Å²) in [6.07, 6.45) is 17.9. The largest absolute Gasteiger partial charge is 0.462 e. The number of carbonyl (C=O) groups excluding carboxylic acids is 1. The molecular weight excluding hydrogens is 404 g/mol. The van der Waals surface area contributed by atoms with Crippen molar-refractivity contribution >= 4 is 5.97 Å². The molecule has 0 aromatic heterocycles. The average molecular weight is 455 g/mol. The molecule has 3 saturated carbocycles. The standard InChI is InChI=1S/C31H50O2/c1-8-23(20(2)3)10-9-21(4)27-13-14-28-26-12-11-24-19-25(33-22(5)32)15-17-30(24,6)29(26)16-18-31(27,28)7/h11-12,20-21,23,25,27-29H,8-10,13-19H2,1-7H3/t21-,23+,25+,27-,28+,29-,30-,31-/m0/s1. The molecule has 186 valence electrons. The molecule has 3 fully saturated rings. The normalized spacial score (nSPS) is 39.6. The first-order chi connectivity index (χ1) is 15.6. The second-order valence-corrected chi connectivity index (χ2v) is 13.1. The number of rotatable bonds is 7. The van der Waals surface area contributed by atoms with Gasteiger partial charge >= 0.3 is 5.97 Å². The van der Waals surface area contributed by atoms with Crippen molar-refractivity contribution in [3.63, 3.8) is 0 Å². The van der Waals surface area contributed by atoms with E-state index in [0.717, 1.165) is 48.9 Å². The number of allylic oxidation sites excluding steroid dienone is 3. The molecule has 0 heterocycles. The van der Waals surface area contributed by atoms with Crippen molar-refractivity contribution < 1.29 is 9.53 Å². The zero-order valence-corrected chi connectivity index (χ0v) is 22.6. The van der Waals surface area contributed by atoms with Crippen LogP contribution in [0.15, 0.2) is 23.3 Å². The van der Waals surface area contributed by atoms with E-state index in [9.17, 15) is 4.79 Å². The predicted molar refractivity (Wildman–Crippen MR) is 138 cm³/mol. The van der Waals surface area contributed by atoms with Crippen LogP contribution in [0.25, 0.3) is 0 Å². The topological polar surface area (TPSA) is 26.3 Å². The van der Waals surface area contributed by atoms with Gasteiger partial charge in [-0.3, -0.25) is 4.79 Å². The fourth-order valence-corrected chi connectivity index (χ4v) is 8.97. The first-order valence-corrected chi connectivity index (χ1v) is 14.2. The molecule has 33 heavy (non-hydrogen) atoms. The molecule has 0 aliphatic heterocycles. The fourth-order valence-electron chi connectivity index (χ4n) is 8.97. The molecule has 0 saturated heterocycles. The highest BCUT2D eigenvalue weighted by atomic mass is 16.5. The summed E-state index contributed by atoms with van der Waals surface area (Å²) in [4.78, 5) is 11.5. The highest BCUT2D eigenvalue weighted by Crippen LogP contribution is 2.66. The maximum Gasteiger partial charge on any atom is 0.302 e. The van der Waals surface area contributed by atoms with E-state index in [1.54, 1.807) is 18.1 Å². The quantitative estimate of drug-likeness (QED) is 0.360. The Kier molecular flexibility index (Phi) is 7.24. The molecule has 4 aliphatic rings. The Bertz CT molecular complexity index is 791. The number of carbonyl (C=O) groups is 1. The Hall–Kier alpha value is -1.05. The van der Waals surface area contributed by atoms with Crippen molar-refractivity contribution in [3.05, 3.63) is 23.3 Å². The lowest BCUT2D eigenvalue weighted by molar-refractivity contribution is -0.148. The number of esters is 1. The highest BCUT2D eigenvalue weighted by Gasteiger charge is 2.57. The summed E-state index contributed by atoms with van der Waals surface area (Å²) in [6, 6.07) is 0. The summed E-state index contributed by atoms with van der Waals surface area (Å²) in [7, 11) is 0. The van der Waals surface area contributed by atoms with Crippen LogP contribution in [0.5, 0.6) is 0 Å². The zero-order valence-electron chi connectivity index (χ0n) is 22.6. The molecule has 0 radical (unpaired) electrons. The van der Waals surface area contributed by atoms with Crippen molar-refractivity contribution in [2.75, 3.05) is 0 Å². The van der Waals surface area contributed by atoms with Gasteiger partial charge in [0.25, 0.3) is 0 Å². The van der Waals surface area contributed by atoms with Gasteiger partial charge in [-0.25, -0.2) is 0 Å². The van der Waals surface area contributed by atoms with Crippen LogP contribution in [0.1, 0.15) is 113 Å². The first-order valence-electron chi connectivity index (χ1n) is 14.2. The maximum absolute atomic E-state index is 11.5. The van der Waals surface area contributed by atoms with Crippen molar-refractivity contribution in [1.29, 1.82) is 0 Å². The van der Waals surface area contributed by atoms with E-state index < -0.39 is 0 Å². The Morgan fingerprint density at radius 3 is 2.45 bits per heavy atom. The fraction of sp³-hybridized carbons (Fsp3) is 0.839. The Morgan fingerprint density at radius 1 is 1.03 bits per heavy atom. The van der Waals surface area contributed by atoms with Crippen molar-refractivity contribution in [3.8, 4) is 0 Å². The Morgan fingerprint density at radius 2 is 1.79 bits per heavy atom. The van der Waals surface area contributed by atoms with Crippen LogP contribution in [0.3, 0.4) is 0 Å². The van der Waals surface area contributed by atoms with Gasteiger partial charge in [0.2, 0.25) is 0 Å². The molecule has 0 amide bonds. The number of hydrogen-bond acceptors (Lipinski definition) is 2. The van der Waals surface area contributed by atoms with Crippen LogP contribution >= 0.6 is 0 Å². The summed E-state index contributed by atoms with van der Waals surface area (Å²) in [5.41, 5.74) is 4.08. The van der Waals surface area contributed by atoms with Gasteiger partial charge < -0.3 is 4.74 Å². The second-order valence-electron chi connectivity index (χ2n) is 13.1. The minimum Gasteiger partial charge on any atom is -0.462 e. The van der Waals surface area contributed by atoms with E-state index in [1.165, 1.54) is 44.9 Å². The maximum atomic E-state index is 11.5. The summed E-state index contributed by atoms with van der Waals surface area (Å²) in [6.45, 7) is 16.5. The minimum atomic E-state index is -0.130. The molecule has 0 aromatic carbocycles. The third-order valence-corrected chi connectivity index (χ3v) is 11.1. The van der Waals surface area contributed by atoms with Crippen molar-refractivity contribution in [2.45, 2.75) is 119 Å². The van der Waals surface area contributed by atoms with E-state index in [-0.39, 0.29) is 17.5 Å². The molecule has 0 N–H and O–H groups in total. The molecule has 0 bridgehead atoms. The SMILES string of the molecule is CC[C@H](CC[C@H](C)[C@@H]1CC[C@@H]2C3=CC=C4C[C@H](OC(C)=O)CC[C@]4(C)[C@H]3CC[C@]21C)C(C)C. The first kappa shape index (κ1) is 25.1. The highest BCUT2D eigenvalue weighted by molar-refractivity contribution is 5.66. The van der Waals surface area contributed by atoms with Gasteiger partial charge in [0.05, 0.1) is 0 Å². The number of hydrogen-bond donors (Lipinski definition) is 0. The van der Waals surface area contributed by atoms with Gasteiger partial charge in [0.1, 0.15) is 6.10 Å². The van der Waals surface area contributed by atoms with Gasteiger partial charge in [-0.15, -0.1) is 0 Å². The monoisotopic (exact) mass is 454 g/mol. The van der Waals surface area contributed by atoms with Gasteiger partial charge in [-0.2, -0.15) is 0 Å². The number of ether oxygens (including phenoxy) is 1. The smallest absolute Gasteiger partial charge is 0.302 e. The van der Waals surface area contributed by atoms with Crippen LogP contribution in [0, 0.1) is 46.3 Å². The molecule has 0 unspecified atom stereocenters. The van der Waals surface area contributed by atoms with Gasteiger partial charge in [0.15, 0.2) is 0 Å². The molecule has 4 rings (SSSR count). The molecule has 0 aromatic rings. The average Bonchev–Trinajstić information content (AvgIpc) is 3.11. The molecule has 2 nitrogen and oxygen atoms in total. The lowest BCUT2D eigenvalue weighted by Crippen LogP contribution is -2.46. The van der Waals surface area contributed by atoms with E-state index in [4.69, 9.17) is 4.74 Å². The lowest BCUT2D eigenvalue weighted by atomic mass is 9.50. The third-order valence-electron chi connectivity index (χ3n) is 11.1. The van der Waals surface area contributed by atoms with E-state index in [1.807, 2.05) is 0 Å². The Balaban J connectivity index is 1.49. The van der Waals surface area contributed by atoms with Crippen LogP contribution in [-0.4, -0.2) is 12.1 Å². The van der Waals surface area contributed by atoms with E-state index in [0.29, 0.717) is 11.3 Å². The predicted octanol–water partition coefficient (Wildman–Crippen LogP) is 8.52.